The predicted molar refractivity (Wildman–Crippen MR) is 115 cm³/mol. The fourth-order valence-corrected chi connectivity index (χ4v) is 3.80. The summed E-state index contributed by atoms with van der Waals surface area (Å²) in [6, 6.07) is 17.5. The average Bonchev–Trinajstić information content (AvgIpc) is 3.16. The summed E-state index contributed by atoms with van der Waals surface area (Å²) in [6.07, 6.45) is 0.915. The molecule has 0 aliphatic heterocycles. The Labute approximate surface area is 172 Å². The van der Waals surface area contributed by atoms with Crippen LogP contribution in [-0.2, 0) is 4.79 Å². The maximum absolute atomic E-state index is 11.8. The Bertz CT molecular complexity index is 885. The molecule has 2 N–H and O–H groups in total. The average molecular weight is 415 g/mol. The van der Waals surface area contributed by atoms with Gasteiger partial charge in [0.25, 0.3) is 0 Å². The van der Waals surface area contributed by atoms with Crippen LogP contribution in [0.15, 0.2) is 58.9 Å². The number of nitrogens with one attached hydrogen (secondary N) is 2. The molecule has 0 bridgehead atoms. The van der Waals surface area contributed by atoms with E-state index in [1.807, 2.05) is 68.4 Å². The number of aromatic nitrogens is 2. The number of nitrogens with zero attached hydrogens (tertiary/aromatic N) is 2. The van der Waals surface area contributed by atoms with Crippen molar-refractivity contribution in [3.05, 3.63) is 54.6 Å². The molecule has 3 rings (SSSR count). The van der Waals surface area contributed by atoms with Gasteiger partial charge in [0.15, 0.2) is 4.34 Å². The Morgan fingerprint density at radius 3 is 2.54 bits per heavy atom. The largest absolute Gasteiger partial charge is 0.457 e. The lowest BCUT2D eigenvalue weighted by molar-refractivity contribution is -0.119. The molecule has 0 spiro atoms. The predicted octanol–water partition coefficient (Wildman–Crippen LogP) is 5.08. The topological polar surface area (TPSA) is 76.1 Å². The molecule has 1 aromatic heterocycles. The van der Waals surface area contributed by atoms with Gasteiger partial charge in [-0.3, -0.25) is 4.79 Å². The van der Waals surface area contributed by atoms with E-state index in [0.717, 1.165) is 27.9 Å². The smallest absolute Gasteiger partial charge is 0.230 e. The summed E-state index contributed by atoms with van der Waals surface area (Å²) in [7, 11) is 0. The molecule has 2 aromatic carbocycles. The second-order valence-electron chi connectivity index (χ2n) is 6.10. The Morgan fingerprint density at radius 1 is 1.11 bits per heavy atom. The zero-order valence-electron chi connectivity index (χ0n) is 15.7. The Balaban J connectivity index is 1.50. The number of rotatable bonds is 9. The molecule has 0 saturated heterocycles. The number of carbonyl (C=O) groups excluding carboxylic acids is 1. The summed E-state index contributed by atoms with van der Waals surface area (Å²) in [5.41, 5.74) is 0.891. The van der Waals surface area contributed by atoms with Crippen LogP contribution in [0.4, 0.5) is 10.8 Å². The lowest BCUT2D eigenvalue weighted by atomic mass is 10.3. The molecule has 0 unspecified atom stereocenters. The number of anilines is 2. The van der Waals surface area contributed by atoms with Gasteiger partial charge in [-0.25, -0.2) is 0 Å². The minimum atomic E-state index is 0.0121. The maximum Gasteiger partial charge on any atom is 0.230 e. The third-order valence-corrected chi connectivity index (χ3v) is 5.81. The Morgan fingerprint density at radius 2 is 1.82 bits per heavy atom. The number of hydrogen-bond acceptors (Lipinski definition) is 7. The lowest BCUT2D eigenvalue weighted by Gasteiger charge is -2.10. The van der Waals surface area contributed by atoms with Gasteiger partial charge in [0.2, 0.25) is 11.0 Å². The first-order valence-corrected chi connectivity index (χ1v) is 10.8. The monoisotopic (exact) mass is 414 g/mol. The fraction of sp³-hybridized carbons (Fsp3) is 0.250. The van der Waals surface area contributed by atoms with E-state index in [0.29, 0.717) is 10.9 Å². The maximum atomic E-state index is 11.8. The van der Waals surface area contributed by atoms with Gasteiger partial charge in [0.05, 0.1) is 5.75 Å². The minimum absolute atomic E-state index is 0.0121. The van der Waals surface area contributed by atoms with E-state index in [2.05, 4.69) is 20.8 Å². The van der Waals surface area contributed by atoms with Crippen molar-refractivity contribution in [2.75, 3.05) is 11.1 Å². The van der Waals surface area contributed by atoms with E-state index in [1.54, 1.807) is 0 Å². The second-order valence-corrected chi connectivity index (χ2v) is 8.30. The van der Waals surface area contributed by atoms with Gasteiger partial charge in [-0.15, -0.1) is 10.2 Å². The van der Waals surface area contributed by atoms with Crippen LogP contribution >= 0.6 is 23.1 Å². The highest BCUT2D eigenvalue weighted by atomic mass is 32.2. The summed E-state index contributed by atoms with van der Waals surface area (Å²) in [6.45, 7) is 4.03. The van der Waals surface area contributed by atoms with Crippen molar-refractivity contribution in [2.45, 2.75) is 30.6 Å². The normalized spacial score (nSPS) is 11.6. The third-order valence-electron chi connectivity index (χ3n) is 3.84. The highest BCUT2D eigenvalue weighted by Crippen LogP contribution is 2.29. The molecule has 0 saturated carbocycles. The standard InChI is InChI=1S/C20H22N4O2S2/c1-3-14(2)21-18(25)13-27-20-24-23-19(28-20)22-15-9-11-17(12-10-15)26-16-7-5-4-6-8-16/h4-12,14H,3,13H2,1-2H3,(H,21,25)(H,22,23)/t14-/m0/s1. The Hall–Kier alpha value is -2.58. The van der Waals surface area contributed by atoms with Crippen LogP contribution in [0.1, 0.15) is 20.3 Å². The van der Waals surface area contributed by atoms with Gasteiger partial charge < -0.3 is 15.4 Å². The molecular weight excluding hydrogens is 392 g/mol. The van der Waals surface area contributed by atoms with E-state index in [9.17, 15) is 4.79 Å². The van der Waals surface area contributed by atoms with Crippen LogP contribution in [-0.4, -0.2) is 27.9 Å². The molecule has 1 heterocycles. The van der Waals surface area contributed by atoms with Crippen LogP contribution in [0.2, 0.25) is 0 Å². The molecule has 0 fully saturated rings. The minimum Gasteiger partial charge on any atom is -0.457 e. The van der Waals surface area contributed by atoms with Crippen molar-refractivity contribution in [1.29, 1.82) is 0 Å². The van der Waals surface area contributed by atoms with Crippen LogP contribution in [0.3, 0.4) is 0 Å². The lowest BCUT2D eigenvalue weighted by Crippen LogP contribution is -2.33. The molecular formula is C20H22N4O2S2. The quantitative estimate of drug-likeness (QED) is 0.476. The van der Waals surface area contributed by atoms with E-state index in [4.69, 9.17) is 4.74 Å². The van der Waals surface area contributed by atoms with Gasteiger partial charge in [-0.2, -0.15) is 0 Å². The molecule has 146 valence electrons. The summed E-state index contributed by atoms with van der Waals surface area (Å²) in [4.78, 5) is 11.8. The zero-order valence-corrected chi connectivity index (χ0v) is 17.3. The van der Waals surface area contributed by atoms with E-state index in [1.165, 1.54) is 23.1 Å². The van der Waals surface area contributed by atoms with E-state index < -0.39 is 0 Å². The SMILES string of the molecule is CC[C@H](C)NC(=O)CSc1nnc(Nc2ccc(Oc3ccccc3)cc2)s1. The number of para-hydroxylation sites is 1. The van der Waals surface area contributed by atoms with Gasteiger partial charge in [0.1, 0.15) is 11.5 Å². The van der Waals surface area contributed by atoms with E-state index in [-0.39, 0.29) is 11.9 Å². The van der Waals surface area contributed by atoms with Crippen molar-refractivity contribution >= 4 is 39.8 Å². The molecule has 28 heavy (non-hydrogen) atoms. The van der Waals surface area contributed by atoms with Crippen LogP contribution in [0, 0.1) is 0 Å². The van der Waals surface area contributed by atoms with Gasteiger partial charge in [0, 0.05) is 11.7 Å². The molecule has 1 atom stereocenters. The fourth-order valence-electron chi connectivity index (χ4n) is 2.22. The number of ether oxygens (including phenoxy) is 1. The number of hydrogen-bond donors (Lipinski definition) is 2. The number of thioether (sulfide) groups is 1. The first kappa shape index (κ1) is 20.2. The first-order valence-electron chi connectivity index (χ1n) is 8.98. The summed E-state index contributed by atoms with van der Waals surface area (Å²) in [5, 5.41) is 15.1. The second kappa shape index (κ2) is 10.1. The molecule has 0 radical (unpaired) electrons. The summed E-state index contributed by atoms with van der Waals surface area (Å²) < 4.78 is 6.54. The number of carbonyl (C=O) groups is 1. The van der Waals surface area contributed by atoms with E-state index >= 15 is 0 Å². The number of amides is 1. The van der Waals surface area contributed by atoms with Crippen molar-refractivity contribution < 1.29 is 9.53 Å². The van der Waals surface area contributed by atoms with Crippen LogP contribution < -0.4 is 15.4 Å². The molecule has 3 aromatic rings. The number of benzene rings is 2. The van der Waals surface area contributed by atoms with Crippen molar-refractivity contribution in [3.63, 3.8) is 0 Å². The third kappa shape index (κ3) is 6.24. The van der Waals surface area contributed by atoms with Gasteiger partial charge >= 0.3 is 0 Å². The van der Waals surface area contributed by atoms with Gasteiger partial charge in [-0.1, -0.05) is 48.2 Å². The Kier molecular flexibility index (Phi) is 7.27. The molecule has 6 nitrogen and oxygen atoms in total. The highest BCUT2D eigenvalue weighted by Gasteiger charge is 2.10. The summed E-state index contributed by atoms with van der Waals surface area (Å²) >= 11 is 2.81. The first-order chi connectivity index (χ1) is 13.6. The van der Waals surface area contributed by atoms with Gasteiger partial charge in [-0.05, 0) is 49.7 Å². The van der Waals surface area contributed by atoms with Crippen molar-refractivity contribution in [3.8, 4) is 11.5 Å². The molecule has 0 aliphatic carbocycles. The molecule has 1 amide bonds. The molecule has 0 aliphatic rings. The van der Waals surface area contributed by atoms with Crippen molar-refractivity contribution in [2.24, 2.45) is 0 Å². The highest BCUT2D eigenvalue weighted by molar-refractivity contribution is 8.01. The zero-order chi connectivity index (χ0) is 19.8. The van der Waals surface area contributed by atoms with Crippen LogP contribution in [0.5, 0.6) is 11.5 Å². The summed E-state index contributed by atoms with van der Waals surface area (Å²) in [5.74, 6) is 1.91. The molecule has 8 heteroatoms. The van der Waals surface area contributed by atoms with Crippen molar-refractivity contribution in [1.82, 2.24) is 15.5 Å². The van der Waals surface area contributed by atoms with Crippen LogP contribution in [0.25, 0.3) is 0 Å².